The number of rotatable bonds is 5. The van der Waals surface area contributed by atoms with E-state index in [1.165, 1.54) is 14.2 Å². The van der Waals surface area contributed by atoms with Gasteiger partial charge in [-0.3, -0.25) is 4.79 Å². The molecular formula is C18H22ClN3O5. The number of nitrogens with one attached hydrogen (secondary N) is 1. The molecule has 1 heterocycles. The van der Waals surface area contributed by atoms with Crippen LogP contribution in [0.3, 0.4) is 0 Å². The van der Waals surface area contributed by atoms with Gasteiger partial charge in [-0.15, -0.1) is 0 Å². The predicted octanol–water partition coefficient (Wildman–Crippen LogP) is 1.65. The van der Waals surface area contributed by atoms with Crippen molar-refractivity contribution in [1.82, 2.24) is 4.90 Å². The number of benzene rings is 1. The van der Waals surface area contributed by atoms with Crippen LogP contribution in [0.4, 0.5) is 11.4 Å². The number of nitrogens with zero attached hydrogens (tertiary/aromatic N) is 2. The van der Waals surface area contributed by atoms with E-state index in [2.05, 4.69) is 10.1 Å². The van der Waals surface area contributed by atoms with E-state index < -0.39 is 11.9 Å². The molecule has 1 fully saturated rings. The molecule has 146 valence electrons. The number of para-hydroxylation sites is 1. The summed E-state index contributed by atoms with van der Waals surface area (Å²) >= 11 is 6.40. The second kappa shape index (κ2) is 9.27. The van der Waals surface area contributed by atoms with Crippen molar-refractivity contribution >= 4 is 40.8 Å². The average Bonchev–Trinajstić information content (AvgIpc) is 2.67. The van der Waals surface area contributed by atoms with Crippen molar-refractivity contribution in [3.8, 4) is 0 Å². The third-order valence-corrected chi connectivity index (χ3v) is 4.47. The molecule has 2 rings (SSSR count). The van der Waals surface area contributed by atoms with Gasteiger partial charge in [0.15, 0.2) is 0 Å². The fraction of sp³-hybridized carbons (Fsp3) is 0.389. The largest absolute Gasteiger partial charge is 0.466 e. The van der Waals surface area contributed by atoms with Gasteiger partial charge >= 0.3 is 11.9 Å². The molecule has 0 aromatic heterocycles. The summed E-state index contributed by atoms with van der Waals surface area (Å²) in [5.41, 5.74) is 1.15. The van der Waals surface area contributed by atoms with Crippen molar-refractivity contribution in [1.29, 1.82) is 0 Å². The summed E-state index contributed by atoms with van der Waals surface area (Å²) in [6.45, 7) is 3.86. The summed E-state index contributed by atoms with van der Waals surface area (Å²) < 4.78 is 9.30. The highest BCUT2D eigenvalue weighted by Crippen LogP contribution is 2.35. The van der Waals surface area contributed by atoms with Crippen LogP contribution in [0.25, 0.3) is 0 Å². The Labute approximate surface area is 162 Å². The molecule has 0 radical (unpaired) electrons. The Morgan fingerprint density at radius 1 is 1.11 bits per heavy atom. The van der Waals surface area contributed by atoms with Gasteiger partial charge in [-0.05, 0) is 12.1 Å². The van der Waals surface area contributed by atoms with Gasteiger partial charge < -0.3 is 24.6 Å². The highest BCUT2D eigenvalue weighted by molar-refractivity contribution is 6.34. The van der Waals surface area contributed by atoms with E-state index >= 15 is 0 Å². The molecule has 1 aliphatic heterocycles. The van der Waals surface area contributed by atoms with Crippen LogP contribution in [0, 0.1) is 0 Å². The standard InChI is InChI=1S/C18H22ClN3O5/c1-12(23)21-7-9-22(10-8-21)17-13(19)5-4-6-14(17)20-15(18(25)27-3)11-16(24)26-2/h4-6,11,20H,7-10H2,1-3H3/b15-11+. The van der Waals surface area contributed by atoms with Crippen molar-refractivity contribution in [3.63, 3.8) is 0 Å². The van der Waals surface area contributed by atoms with Gasteiger partial charge in [0.05, 0.1) is 36.7 Å². The van der Waals surface area contributed by atoms with Crippen LogP contribution in [0.1, 0.15) is 6.92 Å². The zero-order chi connectivity index (χ0) is 20.0. The summed E-state index contributed by atoms with van der Waals surface area (Å²) in [7, 11) is 2.43. The number of amides is 1. The molecule has 27 heavy (non-hydrogen) atoms. The molecule has 1 N–H and O–H groups in total. The minimum Gasteiger partial charge on any atom is -0.466 e. The lowest BCUT2D eigenvalue weighted by atomic mass is 10.2. The smallest absolute Gasteiger partial charge is 0.354 e. The van der Waals surface area contributed by atoms with Crippen LogP contribution in [0.2, 0.25) is 5.02 Å². The first-order valence-electron chi connectivity index (χ1n) is 8.31. The van der Waals surface area contributed by atoms with Gasteiger partial charge in [0.1, 0.15) is 5.70 Å². The molecule has 1 aliphatic rings. The van der Waals surface area contributed by atoms with Gasteiger partial charge in [-0.25, -0.2) is 9.59 Å². The lowest BCUT2D eigenvalue weighted by molar-refractivity contribution is -0.138. The maximum Gasteiger partial charge on any atom is 0.354 e. The quantitative estimate of drug-likeness (QED) is 0.599. The van der Waals surface area contributed by atoms with E-state index in [1.807, 2.05) is 4.90 Å². The van der Waals surface area contributed by atoms with Crippen molar-refractivity contribution in [2.45, 2.75) is 6.92 Å². The first-order valence-corrected chi connectivity index (χ1v) is 8.69. The van der Waals surface area contributed by atoms with Crippen LogP contribution in [0.15, 0.2) is 30.0 Å². The van der Waals surface area contributed by atoms with E-state index in [0.717, 1.165) is 6.08 Å². The molecule has 0 atom stereocenters. The Morgan fingerprint density at radius 3 is 2.33 bits per heavy atom. The van der Waals surface area contributed by atoms with Gasteiger partial charge in [0.25, 0.3) is 0 Å². The molecule has 1 aromatic rings. The topological polar surface area (TPSA) is 88.2 Å². The van der Waals surface area contributed by atoms with Crippen molar-refractivity contribution in [2.75, 3.05) is 50.6 Å². The Kier molecular flexibility index (Phi) is 7.06. The molecule has 0 saturated carbocycles. The Hall–Kier alpha value is -2.74. The van der Waals surface area contributed by atoms with E-state index in [0.29, 0.717) is 42.6 Å². The highest BCUT2D eigenvalue weighted by Gasteiger charge is 2.24. The maximum atomic E-state index is 12.0. The average molecular weight is 396 g/mol. The number of methoxy groups -OCH3 is 2. The van der Waals surface area contributed by atoms with Gasteiger partial charge in [0, 0.05) is 33.1 Å². The summed E-state index contributed by atoms with van der Waals surface area (Å²) in [5.74, 6) is -1.38. The molecule has 0 unspecified atom stereocenters. The Morgan fingerprint density at radius 2 is 1.78 bits per heavy atom. The second-order valence-electron chi connectivity index (χ2n) is 5.83. The van der Waals surface area contributed by atoms with E-state index in [-0.39, 0.29) is 11.6 Å². The zero-order valence-electron chi connectivity index (χ0n) is 15.5. The lowest BCUT2D eigenvalue weighted by Crippen LogP contribution is -2.48. The lowest BCUT2D eigenvalue weighted by Gasteiger charge is -2.37. The molecule has 1 aromatic carbocycles. The van der Waals surface area contributed by atoms with Crippen molar-refractivity contribution in [3.05, 3.63) is 35.0 Å². The van der Waals surface area contributed by atoms with Crippen LogP contribution in [-0.2, 0) is 23.9 Å². The SMILES string of the molecule is COC(=O)/C=C(/Nc1cccc(Cl)c1N1CCN(C(C)=O)CC1)C(=O)OC. The van der Waals surface area contributed by atoms with E-state index in [1.54, 1.807) is 30.0 Å². The predicted molar refractivity (Wildman–Crippen MR) is 102 cm³/mol. The third kappa shape index (κ3) is 5.13. The number of carbonyl (C=O) groups excluding carboxylic acids is 3. The van der Waals surface area contributed by atoms with Crippen molar-refractivity contribution < 1.29 is 23.9 Å². The fourth-order valence-corrected chi connectivity index (χ4v) is 3.05. The van der Waals surface area contributed by atoms with Gasteiger partial charge in [-0.1, -0.05) is 17.7 Å². The summed E-state index contributed by atoms with van der Waals surface area (Å²) in [6, 6.07) is 5.21. The van der Waals surface area contributed by atoms with Crippen LogP contribution in [-0.4, -0.2) is 63.1 Å². The number of esters is 2. The molecule has 9 heteroatoms. The van der Waals surface area contributed by atoms with Crippen LogP contribution >= 0.6 is 11.6 Å². The summed E-state index contributed by atoms with van der Waals surface area (Å²) in [5, 5.41) is 3.40. The van der Waals surface area contributed by atoms with Crippen LogP contribution < -0.4 is 10.2 Å². The molecule has 0 bridgehead atoms. The molecule has 0 aliphatic carbocycles. The minimum atomic E-state index is -0.715. The normalized spacial score (nSPS) is 14.6. The molecule has 8 nitrogen and oxygen atoms in total. The Balaban J connectivity index is 2.31. The highest BCUT2D eigenvalue weighted by atomic mass is 35.5. The Bertz CT molecular complexity index is 757. The zero-order valence-corrected chi connectivity index (χ0v) is 16.2. The fourth-order valence-electron chi connectivity index (χ4n) is 2.76. The molecule has 0 spiro atoms. The van der Waals surface area contributed by atoms with E-state index in [9.17, 15) is 14.4 Å². The minimum absolute atomic E-state index is 0.0288. The number of ether oxygens (including phenoxy) is 2. The maximum absolute atomic E-state index is 12.0. The second-order valence-corrected chi connectivity index (χ2v) is 6.23. The number of carbonyl (C=O) groups is 3. The number of hydrogen-bond acceptors (Lipinski definition) is 7. The third-order valence-electron chi connectivity index (χ3n) is 4.17. The summed E-state index contributed by atoms with van der Waals surface area (Å²) in [4.78, 5) is 38.9. The number of piperazine rings is 1. The van der Waals surface area contributed by atoms with Crippen molar-refractivity contribution in [2.24, 2.45) is 0 Å². The number of anilines is 2. The van der Waals surface area contributed by atoms with Gasteiger partial charge in [-0.2, -0.15) is 0 Å². The number of hydrogen-bond donors (Lipinski definition) is 1. The molecule has 1 amide bonds. The van der Waals surface area contributed by atoms with Gasteiger partial charge in [0.2, 0.25) is 5.91 Å². The van der Waals surface area contributed by atoms with Crippen LogP contribution in [0.5, 0.6) is 0 Å². The number of halogens is 1. The summed E-state index contributed by atoms with van der Waals surface area (Å²) in [6.07, 6.45) is 1.02. The first kappa shape index (κ1) is 20.6. The molecular weight excluding hydrogens is 374 g/mol. The van der Waals surface area contributed by atoms with E-state index in [4.69, 9.17) is 16.3 Å². The molecule has 1 saturated heterocycles. The monoisotopic (exact) mass is 395 g/mol. The first-order chi connectivity index (χ1) is 12.9.